The fraction of sp³-hybridized carbons (Fsp3) is 0.500. The van der Waals surface area contributed by atoms with Gasteiger partial charge in [0.05, 0.1) is 11.4 Å². The molecule has 0 radical (unpaired) electrons. The lowest BCUT2D eigenvalue weighted by Gasteiger charge is -2.32. The summed E-state index contributed by atoms with van der Waals surface area (Å²) >= 11 is 3.58. The minimum Gasteiger partial charge on any atom is -0.307 e. The van der Waals surface area contributed by atoms with E-state index in [1.807, 2.05) is 0 Å². The molecule has 4 heteroatoms. The van der Waals surface area contributed by atoms with Gasteiger partial charge in [-0.05, 0) is 60.1 Å². The molecule has 2 aliphatic rings. The highest BCUT2D eigenvalue weighted by atomic mass is 79.9. The van der Waals surface area contributed by atoms with Crippen LogP contribution in [0.4, 0.5) is 11.4 Å². The van der Waals surface area contributed by atoms with Gasteiger partial charge >= 0.3 is 0 Å². The highest BCUT2D eigenvalue weighted by Gasteiger charge is 2.31. The summed E-state index contributed by atoms with van der Waals surface area (Å²) in [5.41, 5.74) is 2.75. The molecule has 1 fully saturated rings. The monoisotopic (exact) mass is 326 g/mol. The number of benzene rings is 1. The van der Waals surface area contributed by atoms with Crippen molar-refractivity contribution in [3.63, 3.8) is 0 Å². The molecule has 0 aromatic heterocycles. The van der Waals surface area contributed by atoms with Gasteiger partial charge in [0.25, 0.3) is 0 Å². The molecule has 1 aromatic rings. The van der Waals surface area contributed by atoms with Crippen molar-refractivity contribution in [2.45, 2.75) is 26.2 Å². The Morgan fingerprint density at radius 3 is 2.78 bits per heavy atom. The van der Waals surface area contributed by atoms with Gasteiger partial charge in [0.1, 0.15) is 0 Å². The summed E-state index contributed by atoms with van der Waals surface area (Å²) in [6, 6.07) is 6.65. The summed E-state index contributed by atoms with van der Waals surface area (Å²) in [6.07, 6.45) is 4.24. The number of halogens is 1. The normalized spacial score (nSPS) is 23.4. The molecule has 2 nitrogen and oxygen atoms in total. The minimum absolute atomic E-state index is 0.111. The Hall–Kier alpha value is -0.480. The largest absolute Gasteiger partial charge is 0.307 e. The second-order valence-corrected chi connectivity index (χ2v) is 7.98. The molecule has 1 heterocycles. The zero-order valence-electron chi connectivity index (χ0n) is 10.9. The van der Waals surface area contributed by atoms with E-state index in [0.717, 1.165) is 5.92 Å². The number of hydrogen-bond acceptors (Lipinski definition) is 2. The van der Waals surface area contributed by atoms with E-state index in [2.05, 4.69) is 62.1 Å². The maximum Gasteiger partial charge on any atom is 0.0731 e. The number of nitrogens with zero attached hydrogens (tertiary/aromatic N) is 2. The van der Waals surface area contributed by atoms with Gasteiger partial charge < -0.3 is 8.61 Å². The third-order valence-corrected chi connectivity index (χ3v) is 6.38. The van der Waals surface area contributed by atoms with E-state index in [9.17, 15) is 0 Å². The number of fused-ring (bicyclic) bond motifs is 1. The lowest BCUT2D eigenvalue weighted by atomic mass is 9.85. The van der Waals surface area contributed by atoms with Crippen LogP contribution in [0, 0.1) is 5.92 Å². The van der Waals surface area contributed by atoms with E-state index in [0.29, 0.717) is 0 Å². The first-order valence-corrected chi connectivity index (χ1v) is 8.54. The maximum absolute atomic E-state index is 3.58. The molecule has 0 bridgehead atoms. The van der Waals surface area contributed by atoms with Crippen LogP contribution < -0.4 is 8.61 Å². The van der Waals surface area contributed by atoms with Crippen LogP contribution in [0.2, 0.25) is 0 Å². The fourth-order valence-corrected chi connectivity index (χ4v) is 4.96. The van der Waals surface area contributed by atoms with Crippen LogP contribution in [0.3, 0.4) is 0 Å². The second-order valence-electron chi connectivity index (χ2n) is 5.02. The molecule has 98 valence electrons. The summed E-state index contributed by atoms with van der Waals surface area (Å²) in [5, 5.41) is 2.33. The van der Waals surface area contributed by atoms with Gasteiger partial charge in [0.2, 0.25) is 0 Å². The molecule has 1 unspecified atom stereocenters. The van der Waals surface area contributed by atoms with E-state index in [-0.39, 0.29) is 10.9 Å². The van der Waals surface area contributed by atoms with Crippen LogP contribution >= 0.6 is 26.8 Å². The van der Waals surface area contributed by atoms with Gasteiger partial charge in [-0.25, -0.2) is 0 Å². The van der Waals surface area contributed by atoms with Gasteiger partial charge in [-0.3, -0.25) is 0 Å². The van der Waals surface area contributed by atoms with Crippen molar-refractivity contribution in [1.82, 2.24) is 0 Å². The summed E-state index contributed by atoms with van der Waals surface area (Å²) in [5.74, 6) is 0.906. The number of rotatable bonds is 2. The zero-order chi connectivity index (χ0) is 12.7. The van der Waals surface area contributed by atoms with Crippen LogP contribution in [0.15, 0.2) is 22.7 Å². The van der Waals surface area contributed by atoms with Crippen LogP contribution in [0.1, 0.15) is 26.2 Å². The van der Waals surface area contributed by atoms with Gasteiger partial charge in [-0.2, -0.15) is 0 Å². The summed E-state index contributed by atoms with van der Waals surface area (Å²) < 4.78 is 6.16. The third-order valence-electron chi connectivity index (χ3n) is 3.91. The lowest BCUT2D eigenvalue weighted by Crippen LogP contribution is -2.28. The molecule has 0 spiro atoms. The Morgan fingerprint density at radius 2 is 2.17 bits per heavy atom. The number of hydrogen-bond donors (Lipinski definition) is 0. The van der Waals surface area contributed by atoms with Crippen LogP contribution in [-0.4, -0.2) is 19.0 Å². The predicted octanol–water partition coefficient (Wildman–Crippen LogP) is 4.43. The second kappa shape index (κ2) is 4.89. The molecule has 0 amide bonds. The maximum atomic E-state index is 3.58. The van der Waals surface area contributed by atoms with E-state index in [1.165, 1.54) is 41.7 Å². The first-order valence-electron chi connectivity index (χ1n) is 6.54. The van der Waals surface area contributed by atoms with Crippen molar-refractivity contribution >= 4 is 43.5 Å². The average molecular weight is 327 g/mol. The smallest absolute Gasteiger partial charge is 0.0731 e. The Balaban J connectivity index is 1.96. The molecular formula is C14H19BrN2S. The molecule has 1 aromatic carbocycles. The Labute approximate surface area is 120 Å². The number of anilines is 2. The van der Waals surface area contributed by atoms with Crippen molar-refractivity contribution in [2.75, 3.05) is 22.2 Å². The van der Waals surface area contributed by atoms with Crippen LogP contribution in [0.25, 0.3) is 0 Å². The zero-order valence-corrected chi connectivity index (χ0v) is 13.3. The van der Waals surface area contributed by atoms with E-state index >= 15 is 0 Å². The van der Waals surface area contributed by atoms with E-state index in [4.69, 9.17) is 0 Å². The standard InChI is InChI=1S/C14H19BrN2S/c1-3-18-16(2)14-9-12(15)7-8-13(14)17(18)10-11-5-4-6-11/h3,7-9,11H,4-6,10H2,1-2H3. The Bertz CT molecular complexity index is 497. The SMILES string of the molecule is CC=S1N(C)c2cc(Br)ccc2N1CC1CCC1. The van der Waals surface area contributed by atoms with Crippen LogP contribution in [-0.2, 0) is 0 Å². The van der Waals surface area contributed by atoms with Gasteiger partial charge in [-0.15, -0.1) is 0 Å². The quantitative estimate of drug-likeness (QED) is 0.742. The van der Waals surface area contributed by atoms with Gasteiger partial charge in [-0.1, -0.05) is 22.4 Å². The first-order chi connectivity index (χ1) is 8.70. The highest BCUT2D eigenvalue weighted by Crippen LogP contribution is 2.49. The molecule has 0 N–H and O–H groups in total. The predicted molar refractivity (Wildman–Crippen MR) is 86.6 cm³/mol. The first kappa shape index (κ1) is 12.5. The minimum atomic E-state index is 0.111. The molecule has 1 aliphatic heterocycles. The molecule has 18 heavy (non-hydrogen) atoms. The van der Waals surface area contributed by atoms with Crippen molar-refractivity contribution < 1.29 is 0 Å². The van der Waals surface area contributed by atoms with Gasteiger partial charge in [0, 0.05) is 18.1 Å². The molecule has 0 saturated heterocycles. The third kappa shape index (κ3) is 1.99. The summed E-state index contributed by atoms with van der Waals surface area (Å²) in [6.45, 7) is 3.39. The van der Waals surface area contributed by atoms with Crippen molar-refractivity contribution in [2.24, 2.45) is 5.92 Å². The molecule has 1 aliphatic carbocycles. The molecule has 1 saturated carbocycles. The fourth-order valence-electron chi connectivity index (χ4n) is 2.68. The summed E-state index contributed by atoms with van der Waals surface area (Å²) in [7, 11) is 2.31. The van der Waals surface area contributed by atoms with Gasteiger partial charge in [0.15, 0.2) is 0 Å². The van der Waals surface area contributed by atoms with E-state index in [1.54, 1.807) is 0 Å². The highest BCUT2D eigenvalue weighted by molar-refractivity contribution is 9.10. The summed E-state index contributed by atoms with van der Waals surface area (Å²) in [4.78, 5) is 0. The Kier molecular flexibility index (Phi) is 3.41. The molecule has 1 atom stereocenters. The Morgan fingerprint density at radius 1 is 1.39 bits per heavy atom. The average Bonchev–Trinajstić information content (AvgIpc) is 2.56. The lowest BCUT2D eigenvalue weighted by molar-refractivity contribution is 0.328. The van der Waals surface area contributed by atoms with Crippen molar-refractivity contribution in [1.29, 1.82) is 0 Å². The van der Waals surface area contributed by atoms with Crippen molar-refractivity contribution in [3.8, 4) is 0 Å². The molecule has 3 rings (SSSR count). The van der Waals surface area contributed by atoms with E-state index < -0.39 is 0 Å². The topological polar surface area (TPSA) is 6.48 Å². The molecular weight excluding hydrogens is 308 g/mol. The van der Waals surface area contributed by atoms with Crippen LogP contribution in [0.5, 0.6) is 0 Å². The van der Waals surface area contributed by atoms with Crippen molar-refractivity contribution in [3.05, 3.63) is 22.7 Å².